The van der Waals surface area contributed by atoms with Gasteiger partial charge >= 0.3 is 11.9 Å². The summed E-state index contributed by atoms with van der Waals surface area (Å²) in [5.41, 5.74) is 0.0813. The molecule has 18 nitrogen and oxygen atoms in total. The second-order valence-electron chi connectivity index (χ2n) is 13.5. The van der Waals surface area contributed by atoms with Crippen LogP contribution in [-0.2, 0) is 43.4 Å². The molecule has 5 N–H and O–H groups in total. The molecule has 0 aliphatic rings. The highest BCUT2D eigenvalue weighted by Crippen LogP contribution is 2.34. The Hall–Kier alpha value is -3.85. The molecule has 2 aromatic rings. The van der Waals surface area contributed by atoms with Gasteiger partial charge in [-0.15, -0.1) is 0 Å². The van der Waals surface area contributed by atoms with Gasteiger partial charge in [0.2, 0.25) is 11.9 Å². The molecular weight excluding hydrogens is 849 g/mol. The number of amides is 2. The number of carboxylic acid groups (broad SMARTS) is 2. The van der Waals surface area contributed by atoms with Crippen molar-refractivity contribution >= 4 is 62.9 Å². The fourth-order valence-electron chi connectivity index (χ4n) is 5.42. The molecule has 1 heterocycles. The van der Waals surface area contributed by atoms with Gasteiger partial charge in [0.25, 0.3) is 15.9 Å². The molecule has 1 aromatic heterocycles. The van der Waals surface area contributed by atoms with Crippen molar-refractivity contribution in [3.63, 3.8) is 0 Å². The Morgan fingerprint density at radius 1 is 0.600 bits per heavy atom. The van der Waals surface area contributed by atoms with E-state index in [0.29, 0.717) is 6.61 Å². The van der Waals surface area contributed by atoms with Gasteiger partial charge in [0.1, 0.15) is 23.9 Å². The van der Waals surface area contributed by atoms with E-state index in [1.807, 2.05) is 0 Å². The molecule has 0 radical (unpaired) electrons. The molecule has 0 saturated carbocycles. The van der Waals surface area contributed by atoms with Gasteiger partial charge in [-0.3, -0.25) is 14.4 Å². The molecule has 2 rings (SSSR count). The molecule has 0 aliphatic carbocycles. The number of rotatable bonds is 37. The monoisotopic (exact) mass is 907 g/mol. The number of benzene rings is 1. The molecule has 0 unspecified atom stereocenters. The van der Waals surface area contributed by atoms with E-state index in [4.69, 9.17) is 57.1 Å². The summed E-state index contributed by atoms with van der Waals surface area (Å²) in [6, 6.07) is 2.55. The number of ether oxygens (including phenoxy) is 5. The van der Waals surface area contributed by atoms with Crippen molar-refractivity contribution in [1.29, 1.82) is 0 Å². The number of anilines is 1. The first-order chi connectivity index (χ1) is 28.9. The van der Waals surface area contributed by atoms with Gasteiger partial charge in [-0.2, -0.15) is 0 Å². The predicted molar refractivity (Wildman–Crippen MR) is 223 cm³/mol. The van der Waals surface area contributed by atoms with E-state index in [0.717, 1.165) is 57.3 Å². The molecule has 0 fully saturated rings. The summed E-state index contributed by atoms with van der Waals surface area (Å²) in [7, 11) is -4.25. The Labute approximate surface area is 361 Å². The number of aromatic nitrogens is 2. The molecule has 0 saturated heterocycles. The highest BCUT2D eigenvalue weighted by molar-refractivity contribution is 7.92. The number of aliphatic carboxylic acids is 2. The van der Waals surface area contributed by atoms with E-state index in [1.54, 1.807) is 0 Å². The van der Waals surface area contributed by atoms with E-state index >= 15 is 0 Å². The third-order valence-electron chi connectivity index (χ3n) is 8.51. The van der Waals surface area contributed by atoms with Gasteiger partial charge < -0.3 is 44.5 Å². The van der Waals surface area contributed by atoms with Crippen molar-refractivity contribution in [2.24, 2.45) is 0 Å². The molecule has 0 bridgehead atoms. The lowest BCUT2D eigenvalue weighted by Crippen LogP contribution is -2.31. The Bertz CT molecular complexity index is 1670. The highest BCUT2D eigenvalue weighted by Gasteiger charge is 2.22. The van der Waals surface area contributed by atoms with Crippen molar-refractivity contribution < 1.29 is 61.5 Å². The third kappa shape index (κ3) is 25.0. The fraction of sp³-hybridized carbons (Fsp3) is 0.641. The fourth-order valence-corrected chi connectivity index (χ4v) is 7.21. The van der Waals surface area contributed by atoms with Crippen LogP contribution in [0.3, 0.4) is 0 Å². The quantitative estimate of drug-likeness (QED) is 0.0525. The van der Waals surface area contributed by atoms with Crippen LogP contribution < -0.4 is 20.1 Å². The van der Waals surface area contributed by atoms with Crippen molar-refractivity contribution in [3.8, 4) is 5.75 Å². The average molecular weight is 909 g/mol. The molecule has 21 heteroatoms. The number of hydrogen-bond donors (Lipinski definition) is 5. The lowest BCUT2D eigenvalue weighted by atomic mass is 10.0. The molecule has 338 valence electrons. The van der Waals surface area contributed by atoms with Crippen molar-refractivity contribution in [2.75, 3.05) is 77.3 Å². The van der Waals surface area contributed by atoms with Crippen LogP contribution in [0.25, 0.3) is 0 Å². The number of carbonyl (C=O) groups excluding carboxylic acids is 2. The van der Waals surface area contributed by atoms with Gasteiger partial charge in [-0.1, -0.05) is 93.8 Å². The average Bonchev–Trinajstić information content (AvgIpc) is 3.20. The summed E-state index contributed by atoms with van der Waals surface area (Å²) >= 11 is 12.7. The van der Waals surface area contributed by atoms with Gasteiger partial charge in [0, 0.05) is 38.0 Å². The first kappa shape index (κ1) is 52.3. The van der Waals surface area contributed by atoms with Gasteiger partial charge in [0.05, 0.1) is 61.9 Å². The molecule has 1 aromatic carbocycles. The van der Waals surface area contributed by atoms with Crippen LogP contribution >= 0.6 is 23.2 Å². The van der Waals surface area contributed by atoms with Crippen LogP contribution in [0.15, 0.2) is 29.4 Å². The summed E-state index contributed by atoms with van der Waals surface area (Å²) in [4.78, 5) is 52.7. The Morgan fingerprint density at radius 2 is 1.12 bits per heavy atom. The maximum atomic E-state index is 13.1. The van der Waals surface area contributed by atoms with Crippen LogP contribution in [-0.4, -0.2) is 125 Å². The zero-order chi connectivity index (χ0) is 43.9. The number of carboxylic acids is 2. The summed E-state index contributed by atoms with van der Waals surface area (Å²) in [5.74, 6) is -2.65. The van der Waals surface area contributed by atoms with Crippen LogP contribution in [0.5, 0.6) is 5.75 Å². The second-order valence-corrected chi connectivity index (χ2v) is 16.0. The Morgan fingerprint density at radius 3 is 1.68 bits per heavy atom. The molecule has 0 aliphatic heterocycles. The van der Waals surface area contributed by atoms with Gasteiger partial charge in [-0.05, 0) is 18.9 Å². The van der Waals surface area contributed by atoms with Crippen molar-refractivity contribution in [3.05, 3.63) is 40.1 Å². The number of unbranched alkanes of at least 4 members (excludes halogenated alkanes) is 12. The predicted octanol–water partition coefficient (Wildman–Crippen LogP) is 5.51. The lowest BCUT2D eigenvalue weighted by Gasteiger charge is -2.13. The third-order valence-corrected chi connectivity index (χ3v) is 10.6. The molecule has 0 atom stereocenters. The van der Waals surface area contributed by atoms with Gasteiger partial charge in [0.15, 0.2) is 0 Å². The SMILES string of the molecule is O=C(O)CCCCCCCCCCCCCCCOc1cc(Cl)c(S(=O)(=O)Nc2ncc(C(=O)NCCOCCOCC(=O)NCCOCCOCC(=O)O)cn2)cc1Cl. The second kappa shape index (κ2) is 31.9. The number of sulfonamides is 1. The maximum absolute atomic E-state index is 13.1. The standard InChI is InChI=1S/C39H59Cl2N5O13S/c40-31-25-34(32(41)24-33(31)59-17-13-11-9-7-5-3-1-2-4-6-8-10-12-14-36(48)49)60(53,54)46-39-44-26-30(27-45-39)38(52)43-16-19-56-20-22-57-28-35(47)42-15-18-55-21-23-58-29-37(50)51/h24-27H,1-23,28-29H2,(H,42,47)(H,43,52)(H,48,49)(H,50,51)(H,44,45,46). The zero-order valence-electron chi connectivity index (χ0n) is 33.9. The molecular formula is C39H59Cl2N5O13S. The summed E-state index contributed by atoms with van der Waals surface area (Å²) in [5, 5.41) is 22.3. The normalized spacial score (nSPS) is 11.3. The minimum absolute atomic E-state index is 0.0757. The number of carbonyl (C=O) groups is 4. The number of nitrogens with zero attached hydrogens (tertiary/aromatic N) is 2. The van der Waals surface area contributed by atoms with E-state index in [2.05, 4.69) is 25.3 Å². The minimum Gasteiger partial charge on any atom is -0.492 e. The molecule has 2 amide bonds. The van der Waals surface area contributed by atoms with E-state index in [9.17, 15) is 27.6 Å². The summed E-state index contributed by atoms with van der Waals surface area (Å²) in [6.07, 6.45) is 16.7. The number of hydrogen-bond acceptors (Lipinski definition) is 13. The van der Waals surface area contributed by atoms with Crippen LogP contribution in [0.2, 0.25) is 10.0 Å². The smallest absolute Gasteiger partial charge is 0.329 e. The lowest BCUT2D eigenvalue weighted by molar-refractivity contribution is -0.143. The van der Waals surface area contributed by atoms with Crippen LogP contribution in [0.4, 0.5) is 5.95 Å². The number of halogens is 2. The first-order valence-corrected chi connectivity index (χ1v) is 22.4. The van der Waals surface area contributed by atoms with Crippen molar-refractivity contribution in [1.82, 2.24) is 20.6 Å². The van der Waals surface area contributed by atoms with Gasteiger partial charge in [-0.25, -0.2) is 27.9 Å². The molecule has 0 spiro atoms. The minimum atomic E-state index is -4.25. The largest absolute Gasteiger partial charge is 0.492 e. The highest BCUT2D eigenvalue weighted by atomic mass is 35.5. The van der Waals surface area contributed by atoms with E-state index in [1.165, 1.54) is 50.7 Å². The summed E-state index contributed by atoms with van der Waals surface area (Å²) in [6.45, 7) is 1.28. The Kier molecular flexibility index (Phi) is 27.8. The number of nitrogens with one attached hydrogen (secondary N) is 3. The van der Waals surface area contributed by atoms with Crippen LogP contribution in [0.1, 0.15) is 100 Å². The first-order valence-electron chi connectivity index (χ1n) is 20.1. The molecule has 60 heavy (non-hydrogen) atoms. The summed E-state index contributed by atoms with van der Waals surface area (Å²) < 4.78 is 54.9. The maximum Gasteiger partial charge on any atom is 0.329 e. The zero-order valence-corrected chi connectivity index (χ0v) is 36.3. The Balaban J connectivity index is 1.56. The van der Waals surface area contributed by atoms with E-state index in [-0.39, 0.29) is 104 Å². The van der Waals surface area contributed by atoms with Crippen LogP contribution in [0, 0.1) is 0 Å². The van der Waals surface area contributed by atoms with Crippen molar-refractivity contribution in [2.45, 2.75) is 94.8 Å². The topological polar surface area (TPSA) is 251 Å². The van der Waals surface area contributed by atoms with E-state index < -0.39 is 34.5 Å².